The Labute approximate surface area is 213 Å². The first-order valence-electron chi connectivity index (χ1n) is 11.9. The van der Waals surface area contributed by atoms with E-state index in [0.29, 0.717) is 11.3 Å². The van der Waals surface area contributed by atoms with Gasteiger partial charge in [0, 0.05) is 5.69 Å². The van der Waals surface area contributed by atoms with Gasteiger partial charge in [-0.2, -0.15) is 5.26 Å². The van der Waals surface area contributed by atoms with Crippen LogP contribution in [0.5, 0.6) is 0 Å². The topological polar surface area (TPSA) is 112 Å². The number of carbonyl (C=O) groups excluding carboxylic acids is 3. The molecule has 0 aliphatic heterocycles. The maximum absolute atomic E-state index is 13.9. The van der Waals surface area contributed by atoms with E-state index in [1.807, 2.05) is 50.2 Å². The predicted octanol–water partition coefficient (Wildman–Crippen LogP) is 4.88. The van der Waals surface area contributed by atoms with Gasteiger partial charge in [-0.15, -0.1) is 0 Å². The molecule has 2 N–H and O–H groups in total. The second kappa shape index (κ2) is 12.2. The highest BCUT2D eigenvalue weighted by Gasteiger charge is 2.38. The van der Waals surface area contributed by atoms with Crippen LogP contribution < -0.4 is 10.6 Å². The summed E-state index contributed by atoms with van der Waals surface area (Å²) < 4.78 is 5.35. The molecule has 0 saturated heterocycles. The number of nitrogens with zero attached hydrogens (tertiary/aromatic N) is 2. The van der Waals surface area contributed by atoms with Gasteiger partial charge in [-0.1, -0.05) is 56.3 Å². The first-order chi connectivity index (χ1) is 16.9. The van der Waals surface area contributed by atoms with E-state index >= 15 is 0 Å². The molecule has 0 aliphatic rings. The minimum Gasteiger partial charge on any atom is -0.444 e. The maximum atomic E-state index is 13.9. The molecule has 0 spiro atoms. The van der Waals surface area contributed by atoms with Gasteiger partial charge in [0.15, 0.2) is 0 Å². The van der Waals surface area contributed by atoms with Crippen LogP contribution in [0, 0.1) is 31.1 Å². The molecule has 0 aliphatic carbocycles. The number of nitriles is 1. The average Bonchev–Trinajstić information content (AvgIpc) is 2.78. The first kappa shape index (κ1) is 28.4. The fourth-order valence-corrected chi connectivity index (χ4v) is 3.76. The third-order valence-electron chi connectivity index (χ3n) is 5.58. The van der Waals surface area contributed by atoms with Gasteiger partial charge in [0.25, 0.3) is 5.91 Å². The van der Waals surface area contributed by atoms with Gasteiger partial charge in [0.05, 0.1) is 6.07 Å². The molecule has 8 nitrogen and oxygen atoms in total. The van der Waals surface area contributed by atoms with Crippen LogP contribution in [0.4, 0.5) is 10.5 Å². The van der Waals surface area contributed by atoms with Gasteiger partial charge in [-0.3, -0.25) is 9.59 Å². The summed E-state index contributed by atoms with van der Waals surface area (Å²) in [6.45, 7) is 12.1. The van der Waals surface area contributed by atoms with Crippen molar-refractivity contribution in [2.75, 3.05) is 11.9 Å². The molecule has 0 fully saturated rings. The van der Waals surface area contributed by atoms with Gasteiger partial charge in [-0.25, -0.2) is 4.79 Å². The van der Waals surface area contributed by atoms with Crippen molar-refractivity contribution in [3.05, 3.63) is 65.2 Å². The van der Waals surface area contributed by atoms with Crippen LogP contribution in [0.25, 0.3) is 0 Å². The standard InChI is InChI=1S/C28H36N4O4/c1-18(2)23(31-27(35)36-28(5,6)7)26(34)32(17-16-29)24(21-14-10-8-12-19(21)3)25(33)30-22-15-11-9-13-20(22)4/h8-15,18,23-24H,17H2,1-7H3,(H,30,33)(H,31,35). The maximum Gasteiger partial charge on any atom is 0.408 e. The Hall–Kier alpha value is -3.86. The molecule has 192 valence electrons. The number of carbonyl (C=O) groups is 3. The number of nitrogens with one attached hydrogen (secondary N) is 2. The Bertz CT molecular complexity index is 1130. The van der Waals surface area contributed by atoms with E-state index in [9.17, 15) is 19.6 Å². The monoisotopic (exact) mass is 492 g/mol. The first-order valence-corrected chi connectivity index (χ1v) is 11.9. The van der Waals surface area contributed by atoms with E-state index < -0.39 is 35.6 Å². The zero-order valence-corrected chi connectivity index (χ0v) is 22.1. The van der Waals surface area contributed by atoms with Crippen molar-refractivity contribution in [1.82, 2.24) is 10.2 Å². The number of ether oxygens (including phenoxy) is 1. The smallest absolute Gasteiger partial charge is 0.408 e. The van der Waals surface area contributed by atoms with Crippen molar-refractivity contribution < 1.29 is 19.1 Å². The second-order valence-corrected chi connectivity index (χ2v) is 10.1. The number of aryl methyl sites for hydroxylation is 2. The molecule has 2 atom stereocenters. The molecule has 3 amide bonds. The molecule has 0 radical (unpaired) electrons. The van der Waals surface area contributed by atoms with Crippen LogP contribution in [-0.4, -0.2) is 41.0 Å². The number of hydrogen-bond acceptors (Lipinski definition) is 5. The SMILES string of the molecule is Cc1ccccc1NC(=O)C(c1ccccc1C)N(CC#N)C(=O)C(NC(=O)OC(C)(C)C)C(C)C. The number of amides is 3. The number of benzene rings is 2. The molecule has 36 heavy (non-hydrogen) atoms. The van der Waals surface area contributed by atoms with E-state index in [2.05, 4.69) is 10.6 Å². The Morgan fingerprint density at radius 1 is 1.00 bits per heavy atom. The lowest BCUT2D eigenvalue weighted by molar-refractivity contribution is -0.141. The molecular formula is C28H36N4O4. The Morgan fingerprint density at radius 3 is 2.11 bits per heavy atom. The number of rotatable bonds is 8. The van der Waals surface area contributed by atoms with Crippen LogP contribution in [0.2, 0.25) is 0 Å². The third-order valence-corrected chi connectivity index (χ3v) is 5.58. The minimum absolute atomic E-state index is 0.330. The van der Waals surface area contributed by atoms with Gasteiger partial charge in [0.2, 0.25) is 5.91 Å². The lowest BCUT2D eigenvalue weighted by Crippen LogP contribution is -2.54. The zero-order chi connectivity index (χ0) is 27.0. The number of hydrogen-bond donors (Lipinski definition) is 2. The van der Waals surface area contributed by atoms with E-state index in [1.54, 1.807) is 52.8 Å². The summed E-state index contributed by atoms with van der Waals surface area (Å²) in [5.74, 6) is -1.34. The molecule has 2 rings (SSSR count). The summed E-state index contributed by atoms with van der Waals surface area (Å²) in [7, 11) is 0. The summed E-state index contributed by atoms with van der Waals surface area (Å²) in [6, 6.07) is 14.5. The zero-order valence-electron chi connectivity index (χ0n) is 22.1. The highest BCUT2D eigenvalue weighted by atomic mass is 16.6. The minimum atomic E-state index is -1.10. The summed E-state index contributed by atoms with van der Waals surface area (Å²) in [5, 5.41) is 15.2. The van der Waals surface area contributed by atoms with Crippen molar-refractivity contribution in [3.8, 4) is 6.07 Å². The highest BCUT2D eigenvalue weighted by Crippen LogP contribution is 2.28. The number of anilines is 1. The van der Waals surface area contributed by atoms with Crippen LogP contribution in [0.15, 0.2) is 48.5 Å². The lowest BCUT2D eigenvalue weighted by atomic mass is 9.96. The summed E-state index contributed by atoms with van der Waals surface area (Å²) in [6.07, 6.45) is -0.747. The van der Waals surface area contributed by atoms with E-state index in [0.717, 1.165) is 11.1 Å². The quantitative estimate of drug-likeness (QED) is 0.510. The normalized spacial score (nSPS) is 12.8. The summed E-state index contributed by atoms with van der Waals surface area (Å²) in [5.41, 5.74) is 2.10. The van der Waals surface area contributed by atoms with E-state index in [4.69, 9.17) is 4.74 Å². The van der Waals surface area contributed by atoms with Crippen molar-refractivity contribution >= 4 is 23.6 Å². The van der Waals surface area contributed by atoms with Gasteiger partial charge in [-0.05, 0) is 63.3 Å². The van der Waals surface area contributed by atoms with Crippen molar-refractivity contribution in [2.24, 2.45) is 5.92 Å². The predicted molar refractivity (Wildman–Crippen MR) is 139 cm³/mol. The average molecular weight is 493 g/mol. The lowest BCUT2D eigenvalue weighted by Gasteiger charge is -2.34. The molecule has 2 unspecified atom stereocenters. The van der Waals surface area contributed by atoms with Crippen molar-refractivity contribution in [1.29, 1.82) is 5.26 Å². The van der Waals surface area contributed by atoms with Crippen LogP contribution in [0.1, 0.15) is 57.4 Å². The van der Waals surface area contributed by atoms with Crippen molar-refractivity contribution in [3.63, 3.8) is 0 Å². The van der Waals surface area contributed by atoms with Crippen LogP contribution in [-0.2, 0) is 14.3 Å². The molecular weight excluding hydrogens is 456 g/mol. The molecule has 2 aromatic carbocycles. The fourth-order valence-electron chi connectivity index (χ4n) is 3.76. The summed E-state index contributed by atoms with van der Waals surface area (Å²) >= 11 is 0. The van der Waals surface area contributed by atoms with Crippen LogP contribution in [0.3, 0.4) is 0 Å². The van der Waals surface area contributed by atoms with E-state index in [1.165, 1.54) is 4.90 Å². The largest absolute Gasteiger partial charge is 0.444 e. The van der Waals surface area contributed by atoms with Gasteiger partial charge in [0.1, 0.15) is 24.2 Å². The Balaban J connectivity index is 2.52. The van der Waals surface area contributed by atoms with Crippen LogP contribution >= 0.6 is 0 Å². The fraction of sp³-hybridized carbons (Fsp3) is 0.429. The Kier molecular flexibility index (Phi) is 9.62. The molecule has 2 aromatic rings. The number of alkyl carbamates (subject to hydrolysis) is 1. The molecule has 8 heteroatoms. The second-order valence-electron chi connectivity index (χ2n) is 10.1. The van der Waals surface area contributed by atoms with Crippen molar-refractivity contribution in [2.45, 2.75) is 66.2 Å². The number of para-hydroxylation sites is 1. The van der Waals surface area contributed by atoms with Gasteiger partial charge >= 0.3 is 6.09 Å². The molecule has 0 heterocycles. The molecule has 0 bridgehead atoms. The molecule has 0 aromatic heterocycles. The highest BCUT2D eigenvalue weighted by molar-refractivity contribution is 5.99. The molecule has 0 saturated carbocycles. The third kappa shape index (κ3) is 7.57. The van der Waals surface area contributed by atoms with E-state index in [-0.39, 0.29) is 12.5 Å². The summed E-state index contributed by atoms with van der Waals surface area (Å²) in [4.78, 5) is 41.3. The Morgan fingerprint density at radius 2 is 1.58 bits per heavy atom. The van der Waals surface area contributed by atoms with Gasteiger partial charge < -0.3 is 20.3 Å².